The number of nitrogens with zero attached hydrogens (tertiary/aromatic N) is 3. The second kappa shape index (κ2) is 8.45. The average molecular weight is 418 g/mol. The van der Waals surface area contributed by atoms with Crippen LogP contribution in [0.2, 0.25) is 5.02 Å². The van der Waals surface area contributed by atoms with Gasteiger partial charge in [-0.3, -0.25) is 9.78 Å². The molecule has 0 radical (unpaired) electrons. The molecule has 0 fully saturated rings. The first kappa shape index (κ1) is 20.5. The predicted molar refractivity (Wildman–Crippen MR) is 106 cm³/mol. The molecule has 8 heteroatoms. The lowest BCUT2D eigenvalue weighted by molar-refractivity contribution is 0.103. The first-order chi connectivity index (χ1) is 13.8. The van der Waals surface area contributed by atoms with Crippen molar-refractivity contribution in [1.82, 2.24) is 9.88 Å². The Bertz CT molecular complexity index is 1100. The number of rotatable bonds is 5. The average Bonchev–Trinajstić information content (AvgIpc) is 2.66. The molecule has 0 aliphatic heterocycles. The molecule has 0 N–H and O–H groups in total. The molecule has 29 heavy (non-hydrogen) atoms. The molecule has 0 aliphatic carbocycles. The summed E-state index contributed by atoms with van der Waals surface area (Å²) in [5.74, 6) is -2.87. The quantitative estimate of drug-likeness (QED) is 0.322. The summed E-state index contributed by atoms with van der Waals surface area (Å²) in [6.07, 6.45) is 2.63. The van der Waals surface area contributed by atoms with Gasteiger partial charge >= 0.3 is 0 Å². The van der Waals surface area contributed by atoms with Crippen LogP contribution in [0.3, 0.4) is 0 Å². The molecule has 0 saturated heterocycles. The largest absolute Gasteiger partial charge is 0.369 e. The van der Waals surface area contributed by atoms with Gasteiger partial charge in [0.1, 0.15) is 28.8 Å². The van der Waals surface area contributed by atoms with Crippen LogP contribution in [0.15, 0.2) is 53.7 Å². The van der Waals surface area contributed by atoms with Gasteiger partial charge in [0.25, 0.3) is 0 Å². The van der Waals surface area contributed by atoms with Crippen molar-refractivity contribution in [2.75, 3.05) is 14.1 Å². The van der Waals surface area contributed by atoms with Crippen LogP contribution in [0.1, 0.15) is 15.9 Å². The highest BCUT2D eigenvalue weighted by Crippen LogP contribution is 2.36. The van der Waals surface area contributed by atoms with Crippen LogP contribution in [0.25, 0.3) is 11.3 Å². The molecule has 1 heterocycles. The van der Waals surface area contributed by atoms with Gasteiger partial charge in [-0.2, -0.15) is 0 Å². The number of aromatic nitrogens is 1. The van der Waals surface area contributed by atoms with Crippen molar-refractivity contribution in [2.24, 2.45) is 4.99 Å². The third-order valence-corrected chi connectivity index (χ3v) is 4.27. The van der Waals surface area contributed by atoms with Gasteiger partial charge in [0.2, 0.25) is 0 Å². The Morgan fingerprint density at radius 3 is 2.38 bits per heavy atom. The van der Waals surface area contributed by atoms with E-state index in [1.165, 1.54) is 30.7 Å². The van der Waals surface area contributed by atoms with Gasteiger partial charge in [-0.25, -0.2) is 18.2 Å². The lowest BCUT2D eigenvalue weighted by atomic mass is 9.99. The van der Waals surface area contributed by atoms with Crippen LogP contribution in [0, 0.1) is 17.5 Å². The molecule has 3 rings (SSSR count). The molecule has 148 valence electrons. The van der Waals surface area contributed by atoms with E-state index in [0.29, 0.717) is 0 Å². The van der Waals surface area contributed by atoms with Gasteiger partial charge < -0.3 is 4.90 Å². The summed E-state index contributed by atoms with van der Waals surface area (Å²) < 4.78 is 42.1. The van der Waals surface area contributed by atoms with E-state index in [4.69, 9.17) is 11.6 Å². The number of pyridine rings is 1. The zero-order valence-electron chi connectivity index (χ0n) is 15.5. The van der Waals surface area contributed by atoms with Crippen LogP contribution in [0.5, 0.6) is 0 Å². The van der Waals surface area contributed by atoms with Crippen molar-refractivity contribution in [3.63, 3.8) is 0 Å². The summed E-state index contributed by atoms with van der Waals surface area (Å²) >= 11 is 6.02. The summed E-state index contributed by atoms with van der Waals surface area (Å²) in [4.78, 5) is 23.0. The maximum absolute atomic E-state index is 14.4. The highest BCUT2D eigenvalue weighted by atomic mass is 35.5. The summed E-state index contributed by atoms with van der Waals surface area (Å²) in [6, 6.07) is 8.12. The predicted octanol–water partition coefficient (Wildman–Crippen LogP) is 5.27. The molecular formula is C21H15ClF3N3O. The third-order valence-electron chi connectivity index (χ3n) is 3.96. The SMILES string of the molecule is CN(C)/C=N\c1c(C(=O)c2ccc(F)cc2Cl)ccnc1-c1c(F)cccc1F. The molecule has 1 aromatic heterocycles. The number of halogens is 4. The molecule has 0 amide bonds. The van der Waals surface area contributed by atoms with Gasteiger partial charge in [0.05, 0.1) is 22.5 Å². The Morgan fingerprint density at radius 1 is 1.07 bits per heavy atom. The summed E-state index contributed by atoms with van der Waals surface area (Å²) in [7, 11) is 3.39. The standard InChI is InChI=1S/C21H15ClF3N3O/c1-28(2)11-27-19-14(21(29)13-7-6-12(23)10-15(13)22)8-9-26-20(19)18-16(24)4-3-5-17(18)25/h3-11H,1-2H3/b27-11-. The minimum absolute atomic E-state index is 0.0178. The molecule has 0 unspecified atom stereocenters. The summed E-state index contributed by atoms with van der Waals surface area (Å²) in [6.45, 7) is 0. The van der Waals surface area contributed by atoms with Crippen LogP contribution in [-0.2, 0) is 0 Å². The van der Waals surface area contributed by atoms with E-state index in [1.54, 1.807) is 19.0 Å². The smallest absolute Gasteiger partial charge is 0.196 e. The number of hydrogen-bond acceptors (Lipinski definition) is 3. The minimum atomic E-state index is -0.844. The number of aliphatic imine (C=N–C) groups is 1. The lowest BCUT2D eigenvalue weighted by Gasteiger charge is -2.13. The van der Waals surface area contributed by atoms with E-state index >= 15 is 0 Å². The van der Waals surface area contributed by atoms with Crippen molar-refractivity contribution in [1.29, 1.82) is 0 Å². The van der Waals surface area contributed by atoms with Crippen LogP contribution >= 0.6 is 11.6 Å². The molecule has 3 aromatic rings. The Kier molecular flexibility index (Phi) is 5.98. The second-order valence-corrected chi connectivity index (χ2v) is 6.72. The second-order valence-electron chi connectivity index (χ2n) is 6.31. The Morgan fingerprint density at radius 2 is 1.76 bits per heavy atom. The van der Waals surface area contributed by atoms with Crippen molar-refractivity contribution in [3.05, 3.63) is 82.3 Å². The van der Waals surface area contributed by atoms with E-state index in [0.717, 1.165) is 24.3 Å². The van der Waals surface area contributed by atoms with Gasteiger partial charge in [-0.1, -0.05) is 17.7 Å². The fourth-order valence-electron chi connectivity index (χ4n) is 2.67. The fraction of sp³-hybridized carbons (Fsp3) is 0.0952. The van der Waals surface area contributed by atoms with E-state index in [9.17, 15) is 18.0 Å². The number of carbonyl (C=O) groups is 1. The number of ketones is 1. The maximum Gasteiger partial charge on any atom is 0.196 e. The monoisotopic (exact) mass is 417 g/mol. The summed E-state index contributed by atoms with van der Waals surface area (Å²) in [5, 5.41) is -0.0898. The molecule has 0 atom stereocenters. The van der Waals surface area contributed by atoms with Crippen molar-refractivity contribution < 1.29 is 18.0 Å². The first-order valence-corrected chi connectivity index (χ1v) is 8.81. The molecule has 4 nitrogen and oxygen atoms in total. The minimum Gasteiger partial charge on any atom is -0.369 e. The summed E-state index contributed by atoms with van der Waals surface area (Å²) in [5.41, 5.74) is -0.526. The fourth-order valence-corrected chi connectivity index (χ4v) is 2.92. The molecule has 0 saturated carbocycles. The van der Waals surface area contributed by atoms with E-state index in [-0.39, 0.29) is 27.5 Å². The molecule has 0 bridgehead atoms. The van der Waals surface area contributed by atoms with Gasteiger partial charge in [0.15, 0.2) is 5.78 Å². The highest BCUT2D eigenvalue weighted by molar-refractivity contribution is 6.35. The van der Waals surface area contributed by atoms with Crippen LogP contribution in [0.4, 0.5) is 18.9 Å². The number of hydrogen-bond donors (Lipinski definition) is 0. The Hall–Kier alpha value is -3.19. The molecule has 0 spiro atoms. The number of carbonyl (C=O) groups excluding carboxylic acids is 1. The molecule has 0 aliphatic rings. The zero-order chi connectivity index (χ0) is 21.1. The van der Waals surface area contributed by atoms with Crippen molar-refractivity contribution >= 4 is 29.4 Å². The topological polar surface area (TPSA) is 45.6 Å². The molecule has 2 aromatic carbocycles. The highest BCUT2D eigenvalue weighted by Gasteiger charge is 2.23. The normalized spacial score (nSPS) is 11.1. The van der Waals surface area contributed by atoms with E-state index in [1.807, 2.05) is 0 Å². The van der Waals surface area contributed by atoms with Gasteiger partial charge in [-0.15, -0.1) is 0 Å². The zero-order valence-corrected chi connectivity index (χ0v) is 16.2. The van der Waals surface area contributed by atoms with Crippen LogP contribution < -0.4 is 0 Å². The van der Waals surface area contributed by atoms with Crippen LogP contribution in [-0.4, -0.2) is 36.1 Å². The van der Waals surface area contributed by atoms with Gasteiger partial charge in [0, 0.05) is 25.9 Å². The number of benzene rings is 2. The first-order valence-electron chi connectivity index (χ1n) is 8.43. The van der Waals surface area contributed by atoms with Crippen molar-refractivity contribution in [2.45, 2.75) is 0 Å². The van der Waals surface area contributed by atoms with E-state index in [2.05, 4.69) is 9.98 Å². The van der Waals surface area contributed by atoms with E-state index < -0.39 is 28.8 Å². The third kappa shape index (κ3) is 4.30. The lowest BCUT2D eigenvalue weighted by Crippen LogP contribution is -2.09. The molecular weight excluding hydrogens is 403 g/mol. The Labute approximate surface area is 170 Å². The Balaban J connectivity index is 2.26. The maximum atomic E-state index is 14.4. The van der Waals surface area contributed by atoms with Crippen molar-refractivity contribution in [3.8, 4) is 11.3 Å². The van der Waals surface area contributed by atoms with Gasteiger partial charge in [-0.05, 0) is 36.4 Å².